The van der Waals surface area contributed by atoms with Crippen LogP contribution in [0.4, 0.5) is 4.39 Å². The van der Waals surface area contributed by atoms with Gasteiger partial charge in [-0.25, -0.2) is 9.48 Å². The molecule has 0 aliphatic carbocycles. The Labute approximate surface area is 137 Å². The molecule has 24 heavy (non-hydrogen) atoms. The third kappa shape index (κ3) is 3.17. The van der Waals surface area contributed by atoms with Gasteiger partial charge in [0.05, 0.1) is 18.1 Å². The normalized spacial score (nSPS) is 14.5. The molecule has 0 bridgehead atoms. The van der Waals surface area contributed by atoms with Crippen LogP contribution in [0.3, 0.4) is 0 Å². The lowest BCUT2D eigenvalue weighted by Gasteiger charge is -2.28. The second kappa shape index (κ2) is 6.61. The summed E-state index contributed by atoms with van der Waals surface area (Å²) >= 11 is 0. The molecule has 1 saturated heterocycles. The van der Waals surface area contributed by atoms with Crippen LogP contribution in [-0.4, -0.2) is 50.0 Å². The molecule has 0 spiro atoms. The molecule has 1 aliphatic rings. The number of carbonyl (C=O) groups excluding carboxylic acids is 1. The number of halogens is 1. The number of likely N-dealkylation sites (tertiary alicyclic amines) is 1. The predicted molar refractivity (Wildman–Crippen MR) is 82.3 cm³/mol. The van der Waals surface area contributed by atoms with Crippen LogP contribution in [-0.2, 0) is 4.79 Å². The van der Waals surface area contributed by atoms with Crippen LogP contribution in [0, 0.1) is 0 Å². The molecule has 1 N–H and O–H groups in total. The number of aliphatic carboxylic acids is 1. The highest BCUT2D eigenvalue weighted by Crippen LogP contribution is 2.22. The van der Waals surface area contributed by atoms with E-state index >= 15 is 0 Å². The third-order valence-electron chi connectivity index (χ3n) is 3.93. The lowest BCUT2D eigenvalue weighted by Crippen LogP contribution is -2.36. The highest BCUT2D eigenvalue weighted by molar-refractivity contribution is 5.95. The minimum Gasteiger partial charge on any atom is -0.476 e. The van der Waals surface area contributed by atoms with E-state index in [1.165, 1.54) is 0 Å². The van der Waals surface area contributed by atoms with Crippen molar-refractivity contribution in [2.75, 3.05) is 13.1 Å². The Balaban J connectivity index is 1.73. The Bertz CT molecular complexity index is 791. The van der Waals surface area contributed by atoms with Gasteiger partial charge in [-0.05, 0) is 36.6 Å². The minimum atomic E-state index is -1.55. The molecule has 8 heteroatoms. The molecule has 0 radical (unpaired) electrons. The van der Waals surface area contributed by atoms with Gasteiger partial charge in [-0.1, -0.05) is 11.3 Å². The quantitative estimate of drug-likeness (QED) is 0.867. The number of carboxylic acids is 1. The third-order valence-corrected chi connectivity index (χ3v) is 3.93. The summed E-state index contributed by atoms with van der Waals surface area (Å²) in [5, 5.41) is 16.3. The van der Waals surface area contributed by atoms with Gasteiger partial charge in [-0.2, -0.15) is 4.39 Å². The number of carbonyl (C=O) groups is 2. The van der Waals surface area contributed by atoms with Crippen molar-refractivity contribution in [3.63, 3.8) is 0 Å². The summed E-state index contributed by atoms with van der Waals surface area (Å²) in [4.78, 5) is 24.8. The standard InChI is InChI=1S/C16H15FN4O3/c17-14(16(23)24)11-4-7-20(8-5-11)15(22)12-2-1-3-13(10-12)21-9-6-18-19-21/h1-3,6,9-10H,4-5,7-8H2,(H,23,24). The van der Waals surface area contributed by atoms with E-state index in [9.17, 15) is 14.0 Å². The van der Waals surface area contributed by atoms with Crippen LogP contribution in [0.25, 0.3) is 5.69 Å². The fraction of sp³-hybridized carbons (Fsp3) is 0.250. The molecule has 0 atom stereocenters. The Morgan fingerprint density at radius 2 is 1.96 bits per heavy atom. The van der Waals surface area contributed by atoms with Gasteiger partial charge in [0, 0.05) is 18.7 Å². The van der Waals surface area contributed by atoms with Gasteiger partial charge in [-0.3, -0.25) is 4.79 Å². The molecule has 7 nitrogen and oxygen atoms in total. The number of nitrogens with zero attached hydrogens (tertiary/aromatic N) is 4. The molecular weight excluding hydrogens is 315 g/mol. The average Bonchev–Trinajstić information content (AvgIpc) is 3.15. The van der Waals surface area contributed by atoms with Gasteiger partial charge in [0.2, 0.25) is 5.83 Å². The molecule has 1 aromatic heterocycles. The molecule has 1 aromatic carbocycles. The Kier molecular flexibility index (Phi) is 4.37. The van der Waals surface area contributed by atoms with Crippen LogP contribution >= 0.6 is 0 Å². The van der Waals surface area contributed by atoms with Gasteiger partial charge in [0.15, 0.2) is 0 Å². The van der Waals surface area contributed by atoms with Crippen molar-refractivity contribution in [3.8, 4) is 5.69 Å². The minimum absolute atomic E-state index is 0.174. The molecule has 124 valence electrons. The van der Waals surface area contributed by atoms with Crippen LogP contribution in [0.15, 0.2) is 48.1 Å². The van der Waals surface area contributed by atoms with Gasteiger partial charge in [0.1, 0.15) is 0 Å². The summed E-state index contributed by atoms with van der Waals surface area (Å²) in [5.74, 6) is -2.83. The van der Waals surface area contributed by atoms with E-state index in [2.05, 4.69) is 10.3 Å². The highest BCUT2D eigenvalue weighted by atomic mass is 19.1. The van der Waals surface area contributed by atoms with Crippen molar-refractivity contribution in [1.29, 1.82) is 0 Å². The maximum Gasteiger partial charge on any atom is 0.364 e. The largest absolute Gasteiger partial charge is 0.476 e. The summed E-state index contributed by atoms with van der Waals surface area (Å²) in [6, 6.07) is 6.97. The molecule has 0 unspecified atom stereocenters. The van der Waals surface area contributed by atoms with E-state index in [-0.39, 0.29) is 24.3 Å². The van der Waals surface area contributed by atoms with E-state index in [1.54, 1.807) is 40.2 Å². The van der Waals surface area contributed by atoms with Crippen LogP contribution < -0.4 is 0 Å². The van der Waals surface area contributed by atoms with Crippen LogP contribution in [0.2, 0.25) is 0 Å². The van der Waals surface area contributed by atoms with E-state index in [4.69, 9.17) is 5.11 Å². The van der Waals surface area contributed by atoms with Gasteiger partial charge in [0.25, 0.3) is 5.91 Å². The fourth-order valence-corrected chi connectivity index (χ4v) is 2.66. The van der Waals surface area contributed by atoms with Crippen molar-refractivity contribution < 1.29 is 19.1 Å². The molecule has 0 saturated carbocycles. The van der Waals surface area contributed by atoms with E-state index in [1.807, 2.05) is 6.07 Å². The number of piperidine rings is 1. The zero-order valence-corrected chi connectivity index (χ0v) is 12.7. The molecular formula is C16H15FN4O3. The average molecular weight is 330 g/mol. The van der Waals surface area contributed by atoms with Crippen LogP contribution in [0.5, 0.6) is 0 Å². The van der Waals surface area contributed by atoms with Gasteiger partial charge < -0.3 is 10.0 Å². The van der Waals surface area contributed by atoms with Crippen molar-refractivity contribution in [2.24, 2.45) is 0 Å². The zero-order chi connectivity index (χ0) is 17.1. The summed E-state index contributed by atoms with van der Waals surface area (Å²) in [6.07, 6.45) is 3.68. The zero-order valence-electron chi connectivity index (χ0n) is 12.7. The SMILES string of the molecule is O=C(O)C(F)=C1CCN(C(=O)c2cccc(-n3ccnn3)c2)CC1. The van der Waals surface area contributed by atoms with E-state index in [0.717, 1.165) is 0 Å². The molecule has 2 heterocycles. The van der Waals surface area contributed by atoms with E-state index < -0.39 is 11.8 Å². The summed E-state index contributed by atoms with van der Waals surface area (Å²) in [6.45, 7) is 0.588. The summed E-state index contributed by atoms with van der Waals surface area (Å²) in [5.41, 5.74) is 1.46. The van der Waals surface area contributed by atoms with Gasteiger partial charge >= 0.3 is 5.97 Å². The number of benzene rings is 1. The lowest BCUT2D eigenvalue weighted by atomic mass is 10.0. The highest BCUT2D eigenvalue weighted by Gasteiger charge is 2.24. The molecule has 1 amide bonds. The smallest absolute Gasteiger partial charge is 0.364 e. The molecule has 1 aliphatic heterocycles. The first-order chi connectivity index (χ1) is 11.6. The van der Waals surface area contributed by atoms with Crippen molar-refractivity contribution >= 4 is 11.9 Å². The van der Waals surface area contributed by atoms with Gasteiger partial charge in [-0.15, -0.1) is 5.10 Å². The fourth-order valence-electron chi connectivity index (χ4n) is 2.66. The molecule has 3 rings (SSSR count). The number of amides is 1. The van der Waals surface area contributed by atoms with Crippen LogP contribution in [0.1, 0.15) is 23.2 Å². The first kappa shape index (κ1) is 15.9. The Morgan fingerprint density at radius 3 is 2.58 bits per heavy atom. The number of hydrogen-bond donors (Lipinski definition) is 1. The van der Waals surface area contributed by atoms with Crippen molar-refractivity contribution in [2.45, 2.75) is 12.8 Å². The second-order valence-electron chi connectivity index (χ2n) is 5.41. The number of hydrogen-bond acceptors (Lipinski definition) is 4. The molecule has 1 fully saturated rings. The van der Waals surface area contributed by atoms with E-state index in [0.29, 0.717) is 24.3 Å². The topological polar surface area (TPSA) is 88.3 Å². The predicted octanol–water partition coefficient (Wildman–Crippen LogP) is 1.81. The monoisotopic (exact) mass is 330 g/mol. The van der Waals surface area contributed by atoms with Crippen molar-refractivity contribution in [1.82, 2.24) is 19.9 Å². The number of aromatic nitrogens is 3. The maximum absolute atomic E-state index is 13.4. The second-order valence-corrected chi connectivity index (χ2v) is 5.41. The first-order valence-corrected chi connectivity index (χ1v) is 7.43. The molecule has 2 aromatic rings. The summed E-state index contributed by atoms with van der Waals surface area (Å²) < 4.78 is 15.0. The summed E-state index contributed by atoms with van der Waals surface area (Å²) in [7, 11) is 0. The number of carboxylic acid groups (broad SMARTS) is 1. The lowest BCUT2D eigenvalue weighted by molar-refractivity contribution is -0.134. The maximum atomic E-state index is 13.4. The number of rotatable bonds is 3. The Hall–Kier alpha value is -3.03. The first-order valence-electron chi connectivity index (χ1n) is 7.43. The van der Waals surface area contributed by atoms with Crippen molar-refractivity contribution in [3.05, 3.63) is 53.6 Å². The Morgan fingerprint density at radius 1 is 1.21 bits per heavy atom.